The van der Waals surface area contributed by atoms with E-state index < -0.39 is 10.0 Å². The van der Waals surface area contributed by atoms with E-state index in [1.807, 2.05) is 38.1 Å². The van der Waals surface area contributed by atoms with Crippen molar-refractivity contribution in [2.24, 2.45) is 4.40 Å². The van der Waals surface area contributed by atoms with Gasteiger partial charge in [-0.15, -0.1) is 4.40 Å². The second-order valence-electron chi connectivity index (χ2n) is 6.68. The molecule has 2 aromatic carbocycles. The molecule has 0 fully saturated rings. The van der Waals surface area contributed by atoms with E-state index in [4.69, 9.17) is 0 Å². The molecule has 1 atom stereocenters. The number of nitrogens with zero attached hydrogens (tertiary/aromatic N) is 2. The Morgan fingerprint density at radius 1 is 1.15 bits per heavy atom. The zero-order valence-electron chi connectivity index (χ0n) is 15.6. The van der Waals surface area contributed by atoms with E-state index in [9.17, 15) is 13.2 Å². The molecule has 1 aliphatic rings. The summed E-state index contributed by atoms with van der Waals surface area (Å²) >= 11 is 0. The number of fused-ring (bicyclic) bond motifs is 1. The predicted octanol–water partition coefficient (Wildman–Crippen LogP) is 2.64. The van der Waals surface area contributed by atoms with Gasteiger partial charge >= 0.3 is 0 Å². The van der Waals surface area contributed by atoms with Gasteiger partial charge in [-0.1, -0.05) is 48.9 Å². The number of aryl methyl sites for hydroxylation is 1. The van der Waals surface area contributed by atoms with Crippen LogP contribution in [0.15, 0.2) is 57.8 Å². The second kappa shape index (κ2) is 7.52. The lowest BCUT2D eigenvalue weighted by atomic mass is 10.0. The summed E-state index contributed by atoms with van der Waals surface area (Å²) in [6, 6.07) is 14.6. The van der Waals surface area contributed by atoms with Crippen molar-refractivity contribution in [3.8, 4) is 0 Å². The summed E-state index contributed by atoms with van der Waals surface area (Å²) in [6.07, 6.45) is 0.761. The Hall–Kier alpha value is -2.67. The first kappa shape index (κ1) is 19.1. The molecule has 1 heterocycles. The third-order valence-corrected chi connectivity index (χ3v) is 5.90. The zero-order chi connectivity index (χ0) is 19.6. The van der Waals surface area contributed by atoms with Gasteiger partial charge in [0, 0.05) is 12.6 Å². The molecule has 0 unspecified atom stereocenters. The van der Waals surface area contributed by atoms with Crippen LogP contribution in [-0.4, -0.2) is 38.7 Å². The van der Waals surface area contributed by atoms with E-state index in [1.165, 1.54) is 11.6 Å². The molecule has 0 saturated heterocycles. The van der Waals surface area contributed by atoms with Crippen molar-refractivity contribution in [2.75, 3.05) is 13.6 Å². The first-order valence-electron chi connectivity index (χ1n) is 8.83. The normalized spacial score (nSPS) is 15.6. The number of amidine groups is 1. The van der Waals surface area contributed by atoms with Crippen LogP contribution in [0.4, 0.5) is 0 Å². The van der Waals surface area contributed by atoms with E-state index in [1.54, 1.807) is 30.1 Å². The van der Waals surface area contributed by atoms with Gasteiger partial charge in [0.05, 0.1) is 12.6 Å². The van der Waals surface area contributed by atoms with Crippen LogP contribution in [0.25, 0.3) is 0 Å². The maximum Gasteiger partial charge on any atom is 0.285 e. The zero-order valence-corrected chi connectivity index (χ0v) is 16.5. The third-order valence-electron chi connectivity index (χ3n) is 4.58. The Labute approximate surface area is 160 Å². The average molecular weight is 385 g/mol. The molecule has 7 heteroatoms. The van der Waals surface area contributed by atoms with E-state index >= 15 is 0 Å². The molecule has 6 nitrogen and oxygen atoms in total. The number of hydrogen-bond acceptors (Lipinski definition) is 4. The molecular weight excluding hydrogens is 362 g/mol. The van der Waals surface area contributed by atoms with Crippen LogP contribution in [-0.2, 0) is 14.8 Å². The Morgan fingerprint density at radius 2 is 1.81 bits per heavy atom. The Kier molecular flexibility index (Phi) is 5.32. The highest BCUT2D eigenvalue weighted by molar-refractivity contribution is 7.90. The van der Waals surface area contributed by atoms with Crippen LogP contribution < -0.4 is 5.32 Å². The van der Waals surface area contributed by atoms with E-state index in [0.29, 0.717) is 11.4 Å². The van der Waals surface area contributed by atoms with Gasteiger partial charge in [0.15, 0.2) is 5.84 Å². The molecule has 3 rings (SSSR count). The minimum absolute atomic E-state index is 0.0189. The highest BCUT2D eigenvalue weighted by Crippen LogP contribution is 2.27. The van der Waals surface area contributed by atoms with Gasteiger partial charge in [-0.2, -0.15) is 8.42 Å². The first-order valence-corrected chi connectivity index (χ1v) is 10.3. The lowest BCUT2D eigenvalue weighted by molar-refractivity contribution is -0.122. The highest BCUT2D eigenvalue weighted by Gasteiger charge is 2.31. The molecule has 27 heavy (non-hydrogen) atoms. The number of rotatable bonds is 5. The molecule has 1 aliphatic heterocycles. The molecule has 0 aliphatic carbocycles. The minimum atomic E-state index is -3.70. The van der Waals surface area contributed by atoms with Gasteiger partial charge < -0.3 is 10.2 Å². The van der Waals surface area contributed by atoms with Crippen molar-refractivity contribution >= 4 is 21.8 Å². The molecule has 0 aromatic heterocycles. The van der Waals surface area contributed by atoms with Crippen LogP contribution in [0.3, 0.4) is 0 Å². The SMILES string of the molecule is CC[C@@H](NC(=O)CN(C)C1=NS(=O)(=O)c2ccccc21)c1ccc(C)cc1. The van der Waals surface area contributed by atoms with Crippen molar-refractivity contribution in [2.45, 2.75) is 31.2 Å². The molecular formula is C20H23N3O3S. The summed E-state index contributed by atoms with van der Waals surface area (Å²) in [5.41, 5.74) is 2.74. The van der Waals surface area contributed by atoms with Gasteiger partial charge in [0.1, 0.15) is 4.90 Å². The monoisotopic (exact) mass is 385 g/mol. The van der Waals surface area contributed by atoms with Gasteiger partial charge in [0.25, 0.3) is 10.0 Å². The number of hydrogen-bond donors (Lipinski definition) is 1. The van der Waals surface area contributed by atoms with Crippen LogP contribution >= 0.6 is 0 Å². The van der Waals surface area contributed by atoms with Crippen LogP contribution in [0.2, 0.25) is 0 Å². The topological polar surface area (TPSA) is 78.8 Å². The smallest absolute Gasteiger partial charge is 0.285 e. The van der Waals surface area contributed by atoms with Crippen molar-refractivity contribution < 1.29 is 13.2 Å². The summed E-state index contributed by atoms with van der Waals surface area (Å²) < 4.78 is 28.2. The number of benzene rings is 2. The number of carbonyl (C=O) groups is 1. The van der Waals surface area contributed by atoms with Crippen molar-refractivity contribution in [3.05, 3.63) is 65.2 Å². The van der Waals surface area contributed by atoms with Crippen LogP contribution in [0, 0.1) is 6.92 Å². The van der Waals surface area contributed by atoms with E-state index in [-0.39, 0.29) is 23.4 Å². The van der Waals surface area contributed by atoms with Crippen molar-refractivity contribution in [1.29, 1.82) is 0 Å². The molecule has 0 spiro atoms. The average Bonchev–Trinajstić information content (AvgIpc) is 2.92. The third kappa shape index (κ3) is 4.03. The summed E-state index contributed by atoms with van der Waals surface area (Å²) in [4.78, 5) is 14.3. The predicted molar refractivity (Wildman–Crippen MR) is 105 cm³/mol. The fourth-order valence-corrected chi connectivity index (χ4v) is 4.37. The van der Waals surface area contributed by atoms with Gasteiger partial charge in [-0.3, -0.25) is 4.79 Å². The lowest BCUT2D eigenvalue weighted by Gasteiger charge is -2.22. The molecule has 0 bridgehead atoms. The van der Waals surface area contributed by atoms with Gasteiger partial charge in [-0.05, 0) is 31.0 Å². The summed E-state index contributed by atoms with van der Waals surface area (Å²) in [5.74, 6) is 0.110. The van der Waals surface area contributed by atoms with Crippen molar-refractivity contribution in [3.63, 3.8) is 0 Å². The Morgan fingerprint density at radius 3 is 2.48 bits per heavy atom. The molecule has 1 N–H and O–H groups in total. The standard InChI is InChI=1S/C20H23N3O3S/c1-4-17(15-11-9-14(2)10-12-15)21-19(24)13-23(3)20-16-7-5-6-8-18(16)27(25,26)22-20/h5-12,17H,4,13H2,1-3H3,(H,21,24)/t17-/m1/s1. The second-order valence-corrected chi connectivity index (χ2v) is 8.25. The largest absolute Gasteiger partial charge is 0.349 e. The number of carbonyl (C=O) groups excluding carboxylic acids is 1. The maximum atomic E-state index is 12.5. The quantitative estimate of drug-likeness (QED) is 0.858. The number of sulfonamides is 1. The van der Waals surface area contributed by atoms with Crippen LogP contribution in [0.5, 0.6) is 0 Å². The molecule has 1 amide bonds. The highest BCUT2D eigenvalue weighted by atomic mass is 32.2. The summed E-state index contributed by atoms with van der Waals surface area (Å²) in [5, 5.41) is 3.02. The molecule has 0 saturated carbocycles. The summed E-state index contributed by atoms with van der Waals surface area (Å²) in [6.45, 7) is 4.05. The number of amides is 1. The minimum Gasteiger partial charge on any atom is -0.349 e. The fraction of sp³-hybridized carbons (Fsp3) is 0.300. The maximum absolute atomic E-state index is 12.5. The van der Waals surface area contributed by atoms with Gasteiger partial charge in [-0.25, -0.2) is 0 Å². The summed E-state index contributed by atoms with van der Waals surface area (Å²) in [7, 11) is -2.03. The Bertz CT molecular complexity index is 982. The van der Waals surface area contributed by atoms with Gasteiger partial charge in [0.2, 0.25) is 5.91 Å². The first-order chi connectivity index (χ1) is 12.8. The molecule has 0 radical (unpaired) electrons. The van der Waals surface area contributed by atoms with Crippen LogP contribution in [0.1, 0.15) is 36.1 Å². The van der Waals surface area contributed by atoms with E-state index in [0.717, 1.165) is 12.0 Å². The Balaban J connectivity index is 1.72. The van der Waals surface area contributed by atoms with E-state index in [2.05, 4.69) is 9.71 Å². The van der Waals surface area contributed by atoms with Crippen molar-refractivity contribution in [1.82, 2.24) is 10.2 Å². The molecule has 142 valence electrons. The number of likely N-dealkylation sites (N-methyl/N-ethyl adjacent to an activating group) is 1. The molecule has 2 aromatic rings. The number of nitrogens with one attached hydrogen (secondary N) is 1. The fourth-order valence-electron chi connectivity index (χ4n) is 3.11. The lowest BCUT2D eigenvalue weighted by Crippen LogP contribution is -2.39.